The fourth-order valence-electron chi connectivity index (χ4n) is 3.74. The highest BCUT2D eigenvalue weighted by molar-refractivity contribution is 5.98. The summed E-state index contributed by atoms with van der Waals surface area (Å²) in [7, 11) is 0. The lowest BCUT2D eigenvalue weighted by Gasteiger charge is -2.25. The van der Waals surface area contributed by atoms with Gasteiger partial charge in [-0.25, -0.2) is 0 Å². The quantitative estimate of drug-likeness (QED) is 0.737. The van der Waals surface area contributed by atoms with E-state index in [2.05, 4.69) is 27.9 Å². The SMILES string of the molecule is Cc1nn(Cc2ccccc2)c(C)c1NC(=O)C1CCNc2ccccc21. The average molecular weight is 360 g/mol. The van der Waals surface area contributed by atoms with Crippen LogP contribution in [0, 0.1) is 13.8 Å². The molecular weight excluding hydrogens is 336 g/mol. The molecule has 0 fully saturated rings. The normalized spacial score (nSPS) is 15.7. The Labute approximate surface area is 159 Å². The van der Waals surface area contributed by atoms with E-state index in [0.717, 1.165) is 41.3 Å². The summed E-state index contributed by atoms with van der Waals surface area (Å²) in [6.07, 6.45) is 0.791. The molecule has 1 aliphatic heterocycles. The molecule has 5 heteroatoms. The van der Waals surface area contributed by atoms with Gasteiger partial charge in [0.25, 0.3) is 0 Å². The van der Waals surface area contributed by atoms with E-state index in [1.807, 2.05) is 61.0 Å². The summed E-state index contributed by atoms with van der Waals surface area (Å²) in [6.45, 7) is 5.45. The number of hydrogen-bond donors (Lipinski definition) is 2. The van der Waals surface area contributed by atoms with Crippen molar-refractivity contribution in [3.8, 4) is 0 Å². The van der Waals surface area contributed by atoms with E-state index in [0.29, 0.717) is 6.54 Å². The van der Waals surface area contributed by atoms with E-state index < -0.39 is 0 Å². The maximum atomic E-state index is 13.0. The van der Waals surface area contributed by atoms with E-state index in [1.54, 1.807) is 0 Å². The van der Waals surface area contributed by atoms with Gasteiger partial charge in [0.1, 0.15) is 0 Å². The van der Waals surface area contributed by atoms with Gasteiger partial charge < -0.3 is 10.6 Å². The Morgan fingerprint density at radius 3 is 2.70 bits per heavy atom. The maximum absolute atomic E-state index is 13.0. The second kappa shape index (κ2) is 7.27. The third kappa shape index (κ3) is 3.45. The Morgan fingerprint density at radius 2 is 1.89 bits per heavy atom. The molecule has 2 heterocycles. The molecule has 27 heavy (non-hydrogen) atoms. The van der Waals surface area contributed by atoms with Crippen LogP contribution in [0.2, 0.25) is 0 Å². The Morgan fingerprint density at radius 1 is 1.15 bits per heavy atom. The predicted octanol–water partition coefficient (Wildman–Crippen LogP) is 4.09. The molecule has 0 radical (unpaired) electrons. The van der Waals surface area contributed by atoms with Gasteiger partial charge in [-0.15, -0.1) is 0 Å². The highest BCUT2D eigenvalue weighted by Gasteiger charge is 2.27. The highest BCUT2D eigenvalue weighted by atomic mass is 16.1. The first kappa shape index (κ1) is 17.3. The molecule has 0 spiro atoms. The Balaban J connectivity index is 1.56. The van der Waals surface area contributed by atoms with Gasteiger partial charge in [-0.05, 0) is 37.5 Å². The highest BCUT2D eigenvalue weighted by Crippen LogP contribution is 2.33. The monoisotopic (exact) mass is 360 g/mol. The lowest BCUT2D eigenvalue weighted by atomic mass is 9.90. The number of nitrogens with one attached hydrogen (secondary N) is 2. The van der Waals surface area contributed by atoms with Crippen LogP contribution >= 0.6 is 0 Å². The first-order valence-corrected chi connectivity index (χ1v) is 9.35. The van der Waals surface area contributed by atoms with Gasteiger partial charge in [-0.1, -0.05) is 48.5 Å². The molecule has 5 nitrogen and oxygen atoms in total. The molecule has 2 N–H and O–H groups in total. The molecule has 1 aliphatic rings. The summed E-state index contributed by atoms with van der Waals surface area (Å²) in [4.78, 5) is 13.0. The first-order valence-electron chi connectivity index (χ1n) is 9.35. The van der Waals surface area contributed by atoms with Crippen molar-refractivity contribution in [3.05, 3.63) is 77.1 Å². The van der Waals surface area contributed by atoms with Crippen LogP contribution in [0.25, 0.3) is 0 Å². The van der Waals surface area contributed by atoms with Gasteiger partial charge in [-0.3, -0.25) is 9.48 Å². The lowest BCUT2D eigenvalue weighted by Crippen LogP contribution is -2.27. The molecule has 1 atom stereocenters. The summed E-state index contributed by atoms with van der Waals surface area (Å²) < 4.78 is 1.96. The minimum absolute atomic E-state index is 0.0365. The van der Waals surface area contributed by atoms with Crippen molar-refractivity contribution >= 4 is 17.3 Å². The van der Waals surface area contributed by atoms with Crippen LogP contribution in [0.3, 0.4) is 0 Å². The fourth-order valence-corrected chi connectivity index (χ4v) is 3.74. The number of aryl methyl sites for hydroxylation is 1. The van der Waals surface area contributed by atoms with E-state index in [1.165, 1.54) is 5.56 Å². The number of anilines is 2. The van der Waals surface area contributed by atoms with Gasteiger partial charge in [0, 0.05) is 12.2 Å². The Kier molecular flexibility index (Phi) is 4.67. The van der Waals surface area contributed by atoms with Gasteiger partial charge in [0.2, 0.25) is 5.91 Å². The van der Waals surface area contributed by atoms with E-state index in [4.69, 9.17) is 0 Å². The summed E-state index contributed by atoms with van der Waals surface area (Å²) >= 11 is 0. The van der Waals surface area contributed by atoms with Gasteiger partial charge in [0.15, 0.2) is 0 Å². The van der Waals surface area contributed by atoms with Gasteiger partial charge in [-0.2, -0.15) is 5.10 Å². The second-order valence-electron chi connectivity index (χ2n) is 7.03. The Bertz CT molecular complexity index is 962. The second-order valence-corrected chi connectivity index (χ2v) is 7.03. The van der Waals surface area contributed by atoms with Crippen molar-refractivity contribution in [2.75, 3.05) is 17.2 Å². The summed E-state index contributed by atoms with van der Waals surface area (Å²) in [5, 5.41) is 11.2. The third-order valence-corrected chi connectivity index (χ3v) is 5.21. The largest absolute Gasteiger partial charge is 0.385 e. The van der Waals surface area contributed by atoms with Crippen LogP contribution < -0.4 is 10.6 Å². The average Bonchev–Trinajstić information content (AvgIpc) is 2.95. The number of amides is 1. The third-order valence-electron chi connectivity index (χ3n) is 5.21. The number of fused-ring (bicyclic) bond motifs is 1. The number of nitrogens with zero attached hydrogens (tertiary/aromatic N) is 2. The number of benzene rings is 2. The first-order chi connectivity index (χ1) is 13.1. The number of hydrogen-bond acceptors (Lipinski definition) is 3. The molecule has 0 saturated heterocycles. The molecule has 2 aromatic carbocycles. The van der Waals surface area contributed by atoms with E-state index in [-0.39, 0.29) is 11.8 Å². The smallest absolute Gasteiger partial charge is 0.232 e. The molecular formula is C22H24N4O. The zero-order valence-electron chi connectivity index (χ0n) is 15.7. The molecule has 3 aromatic rings. The number of para-hydroxylation sites is 1. The summed E-state index contributed by atoms with van der Waals surface area (Å²) in [5.41, 5.74) is 5.96. The maximum Gasteiger partial charge on any atom is 0.232 e. The minimum atomic E-state index is -0.140. The van der Waals surface area contributed by atoms with E-state index in [9.17, 15) is 4.79 Å². The van der Waals surface area contributed by atoms with Crippen LogP contribution in [-0.4, -0.2) is 22.2 Å². The standard InChI is InChI=1S/C22H24N4O/c1-15-21(16(2)26(25-15)14-17-8-4-3-5-9-17)24-22(27)19-12-13-23-20-11-7-6-10-18(19)20/h3-11,19,23H,12-14H2,1-2H3,(H,24,27). The molecule has 1 amide bonds. The van der Waals surface area contributed by atoms with Gasteiger partial charge in [0.05, 0.1) is 29.5 Å². The number of rotatable bonds is 4. The van der Waals surface area contributed by atoms with Crippen molar-refractivity contribution < 1.29 is 4.79 Å². The molecule has 0 saturated carbocycles. The van der Waals surface area contributed by atoms with Crippen LogP contribution in [-0.2, 0) is 11.3 Å². The molecule has 4 rings (SSSR count). The van der Waals surface area contributed by atoms with Crippen molar-refractivity contribution in [2.24, 2.45) is 0 Å². The number of carbonyl (C=O) groups is 1. The topological polar surface area (TPSA) is 59.0 Å². The summed E-state index contributed by atoms with van der Waals surface area (Å²) in [5.74, 6) is -0.104. The molecule has 1 unspecified atom stereocenters. The van der Waals surface area contributed by atoms with Crippen molar-refractivity contribution in [2.45, 2.75) is 32.7 Å². The van der Waals surface area contributed by atoms with Crippen molar-refractivity contribution in [3.63, 3.8) is 0 Å². The van der Waals surface area contributed by atoms with Crippen LogP contribution in [0.4, 0.5) is 11.4 Å². The zero-order valence-corrected chi connectivity index (χ0v) is 15.7. The Hall–Kier alpha value is -3.08. The zero-order chi connectivity index (χ0) is 18.8. The molecule has 0 bridgehead atoms. The van der Waals surface area contributed by atoms with E-state index >= 15 is 0 Å². The molecule has 138 valence electrons. The predicted molar refractivity (Wildman–Crippen MR) is 108 cm³/mol. The lowest BCUT2D eigenvalue weighted by molar-refractivity contribution is -0.117. The minimum Gasteiger partial charge on any atom is -0.385 e. The fraction of sp³-hybridized carbons (Fsp3) is 0.273. The van der Waals surface area contributed by atoms with Crippen LogP contribution in [0.5, 0.6) is 0 Å². The van der Waals surface area contributed by atoms with Crippen LogP contribution in [0.15, 0.2) is 54.6 Å². The molecule has 1 aromatic heterocycles. The van der Waals surface area contributed by atoms with Crippen LogP contribution in [0.1, 0.15) is 34.9 Å². The molecule has 0 aliphatic carbocycles. The van der Waals surface area contributed by atoms with Gasteiger partial charge >= 0.3 is 0 Å². The number of aromatic nitrogens is 2. The van der Waals surface area contributed by atoms with Crippen molar-refractivity contribution in [1.82, 2.24) is 9.78 Å². The number of carbonyl (C=O) groups excluding carboxylic acids is 1. The van der Waals surface area contributed by atoms with Crippen molar-refractivity contribution in [1.29, 1.82) is 0 Å². The summed E-state index contributed by atoms with van der Waals surface area (Å²) in [6, 6.07) is 18.3.